The van der Waals surface area contributed by atoms with E-state index in [1.807, 2.05) is 25.1 Å². The molecule has 4 atom stereocenters. The first-order chi connectivity index (χ1) is 16.1. The van der Waals surface area contributed by atoms with Gasteiger partial charge in [-0.1, -0.05) is 67.6 Å². The van der Waals surface area contributed by atoms with Crippen molar-refractivity contribution in [3.8, 4) is 0 Å². The number of anilines is 1. The number of hydrogen-bond donors (Lipinski definition) is 0. The molecule has 0 aromatic heterocycles. The highest BCUT2D eigenvalue weighted by Crippen LogP contribution is 2.57. The Kier molecular flexibility index (Phi) is 6.02. The molecule has 0 fully saturated rings. The van der Waals surface area contributed by atoms with Gasteiger partial charge in [0.25, 0.3) is 0 Å². The molecule has 6 heteroatoms. The highest BCUT2D eigenvalue weighted by molar-refractivity contribution is 6.23. The standard InChI is InChI=1S/C28H29NO5/c1-18-14-15-20(16-17-30)28(23(18)24(31)19-10-6-5-7-11-19)21-12-8-9-13-22(21)29(25(28)32)26(33)34-27(2,3)4/h5-15,17-18,20,23H,16H2,1-4H3/t18-,20-,23-,28-/m1/s1. The molecule has 2 aliphatic rings. The molecule has 0 N–H and O–H groups in total. The number of amides is 2. The highest BCUT2D eigenvalue weighted by Gasteiger charge is 2.64. The summed E-state index contributed by atoms with van der Waals surface area (Å²) in [5.74, 6) is -2.40. The normalized spacial score (nSPS) is 25.8. The van der Waals surface area contributed by atoms with Gasteiger partial charge in [0.2, 0.25) is 5.91 Å². The zero-order valence-corrected chi connectivity index (χ0v) is 19.9. The van der Waals surface area contributed by atoms with Crippen LogP contribution in [0.4, 0.5) is 10.5 Å². The van der Waals surface area contributed by atoms with Crippen LogP contribution in [0.1, 0.15) is 50.0 Å². The lowest BCUT2D eigenvalue weighted by molar-refractivity contribution is -0.127. The van der Waals surface area contributed by atoms with Gasteiger partial charge in [0.05, 0.1) is 11.1 Å². The third-order valence-corrected chi connectivity index (χ3v) is 6.66. The molecular weight excluding hydrogens is 430 g/mol. The van der Waals surface area contributed by atoms with Crippen LogP contribution in [0, 0.1) is 17.8 Å². The Hall–Kier alpha value is -3.54. The monoisotopic (exact) mass is 459 g/mol. The van der Waals surface area contributed by atoms with Crippen LogP contribution in [0.15, 0.2) is 66.7 Å². The van der Waals surface area contributed by atoms with Crippen LogP contribution in [0.3, 0.4) is 0 Å². The summed E-state index contributed by atoms with van der Waals surface area (Å²) in [6.45, 7) is 7.09. The third kappa shape index (κ3) is 3.67. The van der Waals surface area contributed by atoms with Gasteiger partial charge in [-0.05, 0) is 38.3 Å². The molecular formula is C28H29NO5. The number of Topliss-reactive ketones (excluding diaryl/α,β-unsaturated/α-hetero) is 1. The van der Waals surface area contributed by atoms with Crippen molar-refractivity contribution in [3.63, 3.8) is 0 Å². The van der Waals surface area contributed by atoms with Crippen LogP contribution in [0.5, 0.6) is 0 Å². The van der Waals surface area contributed by atoms with Crippen LogP contribution in [0.2, 0.25) is 0 Å². The number of carbonyl (C=O) groups is 4. The maximum Gasteiger partial charge on any atom is 0.421 e. The van der Waals surface area contributed by atoms with Gasteiger partial charge in [0.15, 0.2) is 5.78 Å². The molecule has 0 radical (unpaired) electrons. The minimum Gasteiger partial charge on any atom is -0.443 e. The van der Waals surface area contributed by atoms with Gasteiger partial charge in [-0.15, -0.1) is 0 Å². The first-order valence-corrected chi connectivity index (χ1v) is 11.5. The second-order valence-corrected chi connectivity index (χ2v) is 9.97. The van der Waals surface area contributed by atoms with E-state index in [0.29, 0.717) is 16.8 Å². The number of fused-ring (bicyclic) bond motifs is 2. The van der Waals surface area contributed by atoms with Crippen LogP contribution < -0.4 is 4.90 Å². The number of rotatable bonds is 4. The number of nitrogens with zero attached hydrogens (tertiary/aromatic N) is 1. The summed E-state index contributed by atoms with van der Waals surface area (Å²) in [5, 5.41) is 0. The summed E-state index contributed by atoms with van der Waals surface area (Å²) in [6, 6.07) is 15.9. The molecule has 1 spiro atoms. The summed E-state index contributed by atoms with van der Waals surface area (Å²) in [6.07, 6.45) is 3.77. The van der Waals surface area contributed by atoms with E-state index in [2.05, 4.69) is 0 Å². The van der Waals surface area contributed by atoms with E-state index in [-0.39, 0.29) is 18.1 Å². The second-order valence-electron chi connectivity index (χ2n) is 9.97. The molecule has 2 aromatic carbocycles. The van der Waals surface area contributed by atoms with E-state index in [1.165, 1.54) is 0 Å². The largest absolute Gasteiger partial charge is 0.443 e. The third-order valence-electron chi connectivity index (χ3n) is 6.66. The Morgan fingerprint density at radius 2 is 1.68 bits per heavy atom. The molecule has 0 saturated heterocycles. The molecule has 34 heavy (non-hydrogen) atoms. The lowest BCUT2D eigenvalue weighted by atomic mass is 9.54. The summed E-state index contributed by atoms with van der Waals surface area (Å²) < 4.78 is 5.58. The minimum absolute atomic E-state index is 0.0457. The molecule has 6 nitrogen and oxygen atoms in total. The molecule has 1 aliphatic heterocycles. The van der Waals surface area contributed by atoms with Crippen molar-refractivity contribution in [3.05, 3.63) is 77.9 Å². The molecule has 1 heterocycles. The Labute approximate surface area is 199 Å². The van der Waals surface area contributed by atoms with Gasteiger partial charge in [0, 0.05) is 23.8 Å². The first-order valence-electron chi connectivity index (χ1n) is 11.5. The fraction of sp³-hybridized carbons (Fsp3) is 0.357. The molecule has 2 amide bonds. The summed E-state index contributed by atoms with van der Waals surface area (Å²) in [5.41, 5.74) is -0.771. The number of hydrogen-bond acceptors (Lipinski definition) is 5. The second kappa shape index (κ2) is 8.67. The van der Waals surface area contributed by atoms with Crippen molar-refractivity contribution >= 4 is 29.8 Å². The number of allylic oxidation sites excluding steroid dienone is 2. The van der Waals surface area contributed by atoms with Crippen LogP contribution in [0.25, 0.3) is 0 Å². The van der Waals surface area contributed by atoms with Crippen molar-refractivity contribution < 1.29 is 23.9 Å². The number of ketones is 1. The topological polar surface area (TPSA) is 80.8 Å². The van der Waals surface area contributed by atoms with Gasteiger partial charge in [-0.3, -0.25) is 9.59 Å². The smallest absolute Gasteiger partial charge is 0.421 e. The van der Waals surface area contributed by atoms with Crippen molar-refractivity contribution in [2.45, 2.75) is 45.1 Å². The first kappa shape index (κ1) is 23.6. The van der Waals surface area contributed by atoms with E-state index in [1.54, 1.807) is 69.3 Å². The van der Waals surface area contributed by atoms with Crippen molar-refractivity contribution in [2.24, 2.45) is 17.8 Å². The van der Waals surface area contributed by atoms with E-state index in [9.17, 15) is 19.2 Å². The fourth-order valence-corrected chi connectivity index (χ4v) is 5.39. The molecule has 4 rings (SSSR count). The average molecular weight is 460 g/mol. The Morgan fingerprint density at radius 3 is 2.32 bits per heavy atom. The van der Waals surface area contributed by atoms with Gasteiger partial charge < -0.3 is 9.53 Å². The van der Waals surface area contributed by atoms with Crippen LogP contribution in [-0.2, 0) is 19.7 Å². The zero-order chi connectivity index (χ0) is 24.7. The molecule has 0 saturated carbocycles. The maximum atomic E-state index is 14.4. The molecule has 2 aromatic rings. The molecule has 176 valence electrons. The van der Waals surface area contributed by atoms with Crippen molar-refractivity contribution in [2.75, 3.05) is 4.90 Å². The summed E-state index contributed by atoms with van der Waals surface area (Å²) >= 11 is 0. The van der Waals surface area contributed by atoms with E-state index < -0.39 is 34.9 Å². The number of imide groups is 1. The van der Waals surface area contributed by atoms with Gasteiger partial charge in [0.1, 0.15) is 11.9 Å². The number of carbonyl (C=O) groups excluding carboxylic acids is 4. The number of benzene rings is 2. The number of para-hydroxylation sites is 1. The lowest BCUT2D eigenvalue weighted by Crippen LogP contribution is -2.57. The van der Waals surface area contributed by atoms with E-state index in [0.717, 1.165) is 11.2 Å². The van der Waals surface area contributed by atoms with Gasteiger partial charge >= 0.3 is 6.09 Å². The quantitative estimate of drug-likeness (QED) is 0.360. The van der Waals surface area contributed by atoms with E-state index >= 15 is 0 Å². The average Bonchev–Trinajstić information content (AvgIpc) is 3.04. The zero-order valence-electron chi connectivity index (χ0n) is 19.9. The van der Waals surface area contributed by atoms with Crippen molar-refractivity contribution in [1.82, 2.24) is 0 Å². The SMILES string of the molecule is C[C@@H]1C=C[C@H](CC=O)[C@]2(C(=O)N(C(=O)OC(C)(C)C)c3ccccc32)[C@H]1C(=O)c1ccccc1. The fourth-order valence-electron chi connectivity index (χ4n) is 5.39. The lowest BCUT2D eigenvalue weighted by Gasteiger charge is -2.45. The molecule has 0 unspecified atom stereocenters. The van der Waals surface area contributed by atoms with Gasteiger partial charge in [-0.25, -0.2) is 9.69 Å². The molecule has 1 aliphatic carbocycles. The van der Waals surface area contributed by atoms with Gasteiger partial charge in [-0.2, -0.15) is 0 Å². The van der Waals surface area contributed by atoms with Crippen molar-refractivity contribution in [1.29, 1.82) is 0 Å². The Balaban J connectivity index is 1.96. The summed E-state index contributed by atoms with van der Waals surface area (Å²) in [7, 11) is 0. The number of aldehydes is 1. The predicted octanol–water partition coefficient (Wildman–Crippen LogP) is 5.12. The predicted molar refractivity (Wildman–Crippen MR) is 129 cm³/mol. The highest BCUT2D eigenvalue weighted by atomic mass is 16.6. The number of ether oxygens (including phenoxy) is 1. The Morgan fingerprint density at radius 1 is 1.03 bits per heavy atom. The Bertz CT molecular complexity index is 1160. The van der Waals surface area contributed by atoms with Crippen LogP contribution >= 0.6 is 0 Å². The molecule has 0 bridgehead atoms. The summed E-state index contributed by atoms with van der Waals surface area (Å²) in [4.78, 5) is 54.4. The minimum atomic E-state index is -1.41. The maximum absolute atomic E-state index is 14.4. The van der Waals surface area contributed by atoms with E-state index in [4.69, 9.17) is 4.74 Å². The van der Waals surface area contributed by atoms with Crippen LogP contribution in [-0.4, -0.2) is 29.7 Å².